The van der Waals surface area contributed by atoms with Crippen LogP contribution in [0.3, 0.4) is 0 Å². The maximum atomic E-state index is 13.3. The highest BCUT2D eigenvalue weighted by Gasteiger charge is 2.43. The fraction of sp³-hybridized carbons (Fsp3) is 0.435. The number of anilines is 2. The number of rotatable bonds is 5. The van der Waals surface area contributed by atoms with Gasteiger partial charge >= 0.3 is 5.69 Å². The number of nitrogens with zero attached hydrogens (tertiary/aromatic N) is 6. The SMILES string of the molecule is COc1cc(OC)cc(N2C(=O)CC(N3CCN(c4nc5c([nH]4)c(=O)n(C)c(=O)n5C)CC3)C2=O)c1. The zero-order valence-electron chi connectivity index (χ0n) is 20.5. The third-order valence-corrected chi connectivity index (χ3v) is 6.85. The summed E-state index contributed by atoms with van der Waals surface area (Å²) in [4.78, 5) is 63.5. The van der Waals surface area contributed by atoms with Gasteiger partial charge in [-0.15, -0.1) is 0 Å². The molecular formula is C23H27N7O6. The average molecular weight is 498 g/mol. The van der Waals surface area contributed by atoms with E-state index in [4.69, 9.17) is 9.47 Å². The van der Waals surface area contributed by atoms with E-state index in [0.29, 0.717) is 55.0 Å². The quantitative estimate of drug-likeness (QED) is 0.460. The number of H-pyrrole nitrogens is 1. The van der Waals surface area contributed by atoms with Crippen LogP contribution < -0.4 is 30.5 Å². The van der Waals surface area contributed by atoms with E-state index in [1.54, 1.807) is 25.2 Å². The molecule has 1 N–H and O–H groups in total. The molecule has 1 aromatic carbocycles. The van der Waals surface area contributed by atoms with Crippen molar-refractivity contribution >= 4 is 34.6 Å². The van der Waals surface area contributed by atoms with Gasteiger partial charge < -0.3 is 19.4 Å². The number of piperazine rings is 1. The van der Waals surface area contributed by atoms with Crippen LogP contribution in [0.4, 0.5) is 11.6 Å². The minimum absolute atomic E-state index is 0.0845. The summed E-state index contributed by atoms with van der Waals surface area (Å²) in [7, 11) is 6.01. The van der Waals surface area contributed by atoms with Crippen molar-refractivity contribution in [2.75, 3.05) is 50.2 Å². The first kappa shape index (κ1) is 23.6. The van der Waals surface area contributed by atoms with Gasteiger partial charge in [-0.25, -0.2) is 9.69 Å². The summed E-state index contributed by atoms with van der Waals surface area (Å²) in [5.41, 5.74) is 0.0871. The molecule has 0 spiro atoms. The lowest BCUT2D eigenvalue weighted by Crippen LogP contribution is -2.52. The second-order valence-electron chi connectivity index (χ2n) is 8.85. The fourth-order valence-corrected chi connectivity index (χ4v) is 4.80. The number of aryl methyl sites for hydroxylation is 1. The summed E-state index contributed by atoms with van der Waals surface area (Å²) in [6.07, 6.45) is 0.0845. The molecule has 13 nitrogen and oxygen atoms in total. The molecule has 36 heavy (non-hydrogen) atoms. The van der Waals surface area contributed by atoms with Crippen LogP contribution in [0.2, 0.25) is 0 Å². The van der Waals surface area contributed by atoms with Crippen LogP contribution >= 0.6 is 0 Å². The zero-order valence-corrected chi connectivity index (χ0v) is 20.5. The maximum absolute atomic E-state index is 13.3. The number of carbonyl (C=O) groups excluding carboxylic acids is 2. The average Bonchev–Trinajstić information content (AvgIpc) is 3.47. The molecule has 0 aliphatic carbocycles. The Morgan fingerprint density at radius 1 is 0.917 bits per heavy atom. The van der Waals surface area contributed by atoms with Crippen LogP contribution in [0.1, 0.15) is 6.42 Å². The molecule has 2 aliphatic rings. The first-order valence-corrected chi connectivity index (χ1v) is 11.5. The Morgan fingerprint density at radius 3 is 2.17 bits per heavy atom. The molecule has 0 radical (unpaired) electrons. The monoisotopic (exact) mass is 497 g/mol. The van der Waals surface area contributed by atoms with Crippen LogP contribution in [-0.2, 0) is 23.7 Å². The lowest BCUT2D eigenvalue weighted by atomic mass is 10.2. The standard InChI is InChI=1S/C23H27N7O6/c1-26-19-18(21(33)27(2)23(26)34)24-22(25-19)29-7-5-28(6-8-29)16-12-17(31)30(20(16)32)13-9-14(35-3)11-15(10-13)36-4/h9-11,16H,5-8,12H2,1-4H3,(H,24,25). The third kappa shape index (κ3) is 3.71. The highest BCUT2D eigenvalue weighted by Crippen LogP contribution is 2.33. The molecule has 2 amide bonds. The number of hydrogen-bond donors (Lipinski definition) is 1. The Hall–Kier alpha value is -4.13. The van der Waals surface area contributed by atoms with Gasteiger partial charge in [0.1, 0.15) is 11.5 Å². The van der Waals surface area contributed by atoms with Gasteiger partial charge in [-0.1, -0.05) is 0 Å². The van der Waals surface area contributed by atoms with Gasteiger partial charge in [0.2, 0.25) is 11.9 Å². The number of carbonyl (C=O) groups is 2. The molecule has 5 rings (SSSR count). The van der Waals surface area contributed by atoms with Gasteiger partial charge in [0, 0.05) is 58.5 Å². The van der Waals surface area contributed by atoms with Crippen LogP contribution in [0, 0.1) is 0 Å². The van der Waals surface area contributed by atoms with Crippen molar-refractivity contribution in [2.24, 2.45) is 14.1 Å². The number of aromatic nitrogens is 4. The first-order chi connectivity index (χ1) is 17.2. The summed E-state index contributed by atoms with van der Waals surface area (Å²) >= 11 is 0. The number of hydrogen-bond acceptors (Lipinski definition) is 9. The van der Waals surface area contributed by atoms with Gasteiger partial charge in [-0.05, 0) is 0 Å². The molecule has 1 atom stereocenters. The van der Waals surface area contributed by atoms with Crippen molar-refractivity contribution in [3.05, 3.63) is 39.0 Å². The van der Waals surface area contributed by atoms with E-state index < -0.39 is 17.3 Å². The molecule has 1 unspecified atom stereocenters. The molecular weight excluding hydrogens is 470 g/mol. The lowest BCUT2D eigenvalue weighted by Gasteiger charge is -2.36. The highest BCUT2D eigenvalue weighted by atomic mass is 16.5. The second kappa shape index (κ2) is 8.82. The zero-order chi connectivity index (χ0) is 25.7. The number of nitrogens with one attached hydrogen (secondary N) is 1. The number of fused-ring (bicyclic) bond motifs is 1. The smallest absolute Gasteiger partial charge is 0.332 e. The number of ether oxygens (including phenoxy) is 2. The van der Waals surface area contributed by atoms with Gasteiger partial charge in [0.05, 0.1) is 32.4 Å². The van der Waals surface area contributed by atoms with E-state index in [-0.39, 0.29) is 23.8 Å². The van der Waals surface area contributed by atoms with E-state index >= 15 is 0 Å². The van der Waals surface area contributed by atoms with E-state index in [1.807, 2.05) is 9.80 Å². The van der Waals surface area contributed by atoms with Crippen molar-refractivity contribution in [1.82, 2.24) is 24.0 Å². The Bertz CT molecular complexity index is 1460. The Balaban J connectivity index is 1.33. The maximum Gasteiger partial charge on any atom is 0.332 e. The van der Waals surface area contributed by atoms with Crippen LogP contribution in [0.5, 0.6) is 11.5 Å². The lowest BCUT2D eigenvalue weighted by molar-refractivity contribution is -0.123. The van der Waals surface area contributed by atoms with Crippen molar-refractivity contribution in [1.29, 1.82) is 0 Å². The Kier molecular flexibility index (Phi) is 5.79. The molecule has 13 heteroatoms. The molecule has 2 saturated heterocycles. The molecule has 2 aliphatic heterocycles. The molecule has 0 saturated carbocycles. The van der Waals surface area contributed by atoms with Gasteiger partial charge in [0.15, 0.2) is 11.2 Å². The van der Waals surface area contributed by atoms with E-state index in [1.165, 1.54) is 30.7 Å². The highest BCUT2D eigenvalue weighted by molar-refractivity contribution is 6.22. The fourth-order valence-electron chi connectivity index (χ4n) is 4.80. The number of imide groups is 1. The number of aromatic amines is 1. The molecule has 2 fully saturated rings. The van der Waals surface area contributed by atoms with Crippen LogP contribution in [-0.4, -0.2) is 82.3 Å². The predicted molar refractivity (Wildman–Crippen MR) is 131 cm³/mol. The van der Waals surface area contributed by atoms with Crippen LogP contribution in [0.15, 0.2) is 27.8 Å². The summed E-state index contributed by atoms with van der Waals surface area (Å²) in [6, 6.07) is 4.38. The molecule has 2 aromatic heterocycles. The number of amides is 2. The molecule has 190 valence electrons. The number of benzene rings is 1. The summed E-state index contributed by atoms with van der Waals surface area (Å²) in [6.45, 7) is 2.10. The largest absolute Gasteiger partial charge is 0.497 e. The Morgan fingerprint density at radius 2 is 1.56 bits per heavy atom. The summed E-state index contributed by atoms with van der Waals surface area (Å²) < 4.78 is 12.9. The van der Waals surface area contributed by atoms with Crippen molar-refractivity contribution in [3.63, 3.8) is 0 Å². The van der Waals surface area contributed by atoms with Crippen molar-refractivity contribution < 1.29 is 19.1 Å². The summed E-state index contributed by atoms with van der Waals surface area (Å²) in [5, 5.41) is 0. The van der Waals surface area contributed by atoms with E-state index in [9.17, 15) is 19.2 Å². The van der Waals surface area contributed by atoms with Crippen molar-refractivity contribution in [2.45, 2.75) is 12.5 Å². The number of methoxy groups -OCH3 is 2. The van der Waals surface area contributed by atoms with Gasteiger partial charge in [0.25, 0.3) is 11.5 Å². The van der Waals surface area contributed by atoms with E-state index in [2.05, 4.69) is 9.97 Å². The topological polar surface area (TPSA) is 135 Å². The summed E-state index contributed by atoms with van der Waals surface area (Å²) in [5.74, 6) is 0.894. The van der Waals surface area contributed by atoms with Crippen molar-refractivity contribution in [3.8, 4) is 11.5 Å². The van der Waals surface area contributed by atoms with Crippen LogP contribution in [0.25, 0.3) is 11.2 Å². The normalized spacial score (nSPS) is 18.9. The van der Waals surface area contributed by atoms with Gasteiger partial charge in [-0.2, -0.15) is 4.98 Å². The van der Waals surface area contributed by atoms with Gasteiger partial charge in [-0.3, -0.25) is 28.4 Å². The predicted octanol–water partition coefficient (Wildman–Crippen LogP) is -0.568. The van der Waals surface area contributed by atoms with E-state index in [0.717, 1.165) is 4.57 Å². The number of imidazole rings is 1. The molecule has 4 heterocycles. The third-order valence-electron chi connectivity index (χ3n) is 6.85. The molecule has 0 bridgehead atoms. The Labute approximate surface area is 205 Å². The first-order valence-electron chi connectivity index (χ1n) is 11.5. The minimum Gasteiger partial charge on any atom is -0.497 e. The minimum atomic E-state index is -0.569. The molecule has 3 aromatic rings. The second-order valence-corrected chi connectivity index (χ2v) is 8.85.